The third-order valence-corrected chi connectivity index (χ3v) is 3.81. The lowest BCUT2D eigenvalue weighted by atomic mass is 10.2. The highest BCUT2D eigenvalue weighted by Gasteiger charge is 2.16. The van der Waals surface area contributed by atoms with Crippen LogP contribution in [0.5, 0.6) is 5.75 Å². The lowest BCUT2D eigenvalue weighted by Gasteiger charge is -2.20. The molecule has 0 saturated carbocycles. The summed E-state index contributed by atoms with van der Waals surface area (Å²) < 4.78 is 5.33. The van der Waals surface area contributed by atoms with E-state index < -0.39 is 0 Å². The fourth-order valence-electron chi connectivity index (χ4n) is 2.59. The van der Waals surface area contributed by atoms with Crippen molar-refractivity contribution in [1.82, 2.24) is 15.1 Å². The van der Waals surface area contributed by atoms with Crippen LogP contribution in [0.3, 0.4) is 0 Å². The number of aromatic nitrogens is 2. The first-order valence-corrected chi connectivity index (χ1v) is 8.68. The van der Waals surface area contributed by atoms with Crippen molar-refractivity contribution in [3.05, 3.63) is 47.7 Å². The summed E-state index contributed by atoms with van der Waals surface area (Å²) in [5.74, 6) is 1.39. The van der Waals surface area contributed by atoms with E-state index in [1.54, 1.807) is 19.2 Å². The lowest BCUT2D eigenvalue weighted by molar-refractivity contribution is 0.0748. The first-order chi connectivity index (χ1) is 12.2. The van der Waals surface area contributed by atoms with Crippen LogP contribution in [0.15, 0.2) is 36.4 Å². The van der Waals surface area contributed by atoms with Crippen LogP contribution in [-0.2, 0) is 6.54 Å². The minimum absolute atomic E-state index is 0.0625. The zero-order valence-corrected chi connectivity index (χ0v) is 15.2. The maximum Gasteiger partial charge on any atom is 0.274 e. The Hall–Kier alpha value is -2.63. The van der Waals surface area contributed by atoms with Gasteiger partial charge in [0.1, 0.15) is 11.6 Å². The number of amides is 1. The average Bonchev–Trinajstić information content (AvgIpc) is 2.66. The molecule has 0 atom stereocenters. The molecule has 1 aromatic heterocycles. The molecule has 1 aromatic carbocycles. The maximum atomic E-state index is 12.5. The first-order valence-electron chi connectivity index (χ1n) is 8.68. The Bertz CT molecular complexity index is 667. The predicted molar refractivity (Wildman–Crippen MR) is 98.8 cm³/mol. The van der Waals surface area contributed by atoms with Gasteiger partial charge in [-0.25, -0.2) is 0 Å². The third-order valence-electron chi connectivity index (χ3n) is 3.81. The molecule has 25 heavy (non-hydrogen) atoms. The Morgan fingerprint density at radius 3 is 2.40 bits per heavy atom. The van der Waals surface area contributed by atoms with Crippen LogP contribution in [-0.4, -0.2) is 41.2 Å². The van der Waals surface area contributed by atoms with Crippen LogP contribution in [0, 0.1) is 0 Å². The second-order valence-electron chi connectivity index (χ2n) is 5.76. The quantitative estimate of drug-likeness (QED) is 0.757. The van der Waals surface area contributed by atoms with Crippen LogP contribution in [0.2, 0.25) is 0 Å². The van der Waals surface area contributed by atoms with Crippen LogP contribution in [0.4, 0.5) is 5.82 Å². The van der Waals surface area contributed by atoms with Gasteiger partial charge in [-0.15, -0.1) is 10.2 Å². The predicted octanol–water partition coefficient (Wildman–Crippen LogP) is 3.36. The van der Waals surface area contributed by atoms with Gasteiger partial charge in [0.05, 0.1) is 7.11 Å². The molecule has 0 spiro atoms. The van der Waals surface area contributed by atoms with Crippen LogP contribution < -0.4 is 10.1 Å². The Balaban J connectivity index is 2.00. The Kier molecular flexibility index (Phi) is 7.19. The number of nitrogens with one attached hydrogen (secondary N) is 1. The lowest BCUT2D eigenvalue weighted by Crippen LogP contribution is -2.33. The van der Waals surface area contributed by atoms with Crippen molar-refractivity contribution < 1.29 is 9.53 Å². The molecule has 1 heterocycles. The largest absolute Gasteiger partial charge is 0.496 e. The van der Waals surface area contributed by atoms with Gasteiger partial charge < -0.3 is 15.0 Å². The van der Waals surface area contributed by atoms with Crippen molar-refractivity contribution in [2.24, 2.45) is 0 Å². The van der Waals surface area contributed by atoms with E-state index in [1.165, 1.54) is 0 Å². The minimum atomic E-state index is -0.0625. The summed E-state index contributed by atoms with van der Waals surface area (Å²) in [5, 5.41) is 11.4. The van der Waals surface area contributed by atoms with E-state index in [-0.39, 0.29) is 5.91 Å². The monoisotopic (exact) mass is 342 g/mol. The molecule has 0 saturated heterocycles. The normalized spacial score (nSPS) is 10.4. The highest BCUT2D eigenvalue weighted by molar-refractivity contribution is 5.92. The van der Waals surface area contributed by atoms with Crippen LogP contribution in [0.1, 0.15) is 42.7 Å². The van der Waals surface area contributed by atoms with Crippen LogP contribution in [0.25, 0.3) is 0 Å². The number of carbonyl (C=O) groups excluding carboxylic acids is 1. The van der Waals surface area contributed by atoms with Gasteiger partial charge in [-0.1, -0.05) is 32.0 Å². The first kappa shape index (κ1) is 18.7. The number of anilines is 1. The number of carbonyl (C=O) groups is 1. The van der Waals surface area contributed by atoms with Crippen molar-refractivity contribution in [2.75, 3.05) is 25.5 Å². The molecule has 0 aliphatic rings. The van der Waals surface area contributed by atoms with Gasteiger partial charge in [0.15, 0.2) is 5.69 Å². The van der Waals surface area contributed by atoms with E-state index in [0.717, 1.165) is 37.2 Å². The van der Waals surface area contributed by atoms with Crippen molar-refractivity contribution in [2.45, 2.75) is 33.2 Å². The summed E-state index contributed by atoms with van der Waals surface area (Å²) in [5.41, 5.74) is 1.41. The molecule has 0 unspecified atom stereocenters. The van der Waals surface area contributed by atoms with E-state index in [2.05, 4.69) is 29.4 Å². The fourth-order valence-corrected chi connectivity index (χ4v) is 2.59. The van der Waals surface area contributed by atoms with Crippen molar-refractivity contribution >= 4 is 11.7 Å². The number of hydrogen-bond acceptors (Lipinski definition) is 5. The second kappa shape index (κ2) is 9.61. The highest BCUT2D eigenvalue weighted by atomic mass is 16.5. The number of benzene rings is 1. The molecule has 0 radical (unpaired) electrons. The fraction of sp³-hybridized carbons (Fsp3) is 0.421. The molecule has 0 aliphatic carbocycles. The Morgan fingerprint density at radius 2 is 1.80 bits per heavy atom. The summed E-state index contributed by atoms with van der Waals surface area (Å²) in [6, 6.07) is 11.3. The van der Waals surface area contributed by atoms with E-state index >= 15 is 0 Å². The van der Waals surface area contributed by atoms with Crippen molar-refractivity contribution in [3.8, 4) is 5.75 Å². The molecule has 2 rings (SSSR count). The van der Waals surface area contributed by atoms with Gasteiger partial charge in [0.2, 0.25) is 0 Å². The smallest absolute Gasteiger partial charge is 0.274 e. The van der Waals surface area contributed by atoms with Gasteiger partial charge >= 0.3 is 0 Å². The summed E-state index contributed by atoms with van der Waals surface area (Å²) in [7, 11) is 1.65. The molecule has 134 valence electrons. The summed E-state index contributed by atoms with van der Waals surface area (Å²) in [6.45, 7) is 6.17. The third kappa shape index (κ3) is 5.17. The van der Waals surface area contributed by atoms with E-state index in [4.69, 9.17) is 4.74 Å². The molecule has 0 aliphatic heterocycles. The number of hydrogen-bond donors (Lipinski definition) is 1. The zero-order chi connectivity index (χ0) is 18.1. The number of nitrogens with zero attached hydrogens (tertiary/aromatic N) is 3. The molecular formula is C19H26N4O2. The molecule has 1 amide bonds. The maximum absolute atomic E-state index is 12.5. The summed E-state index contributed by atoms with van der Waals surface area (Å²) >= 11 is 0. The summed E-state index contributed by atoms with van der Waals surface area (Å²) in [4.78, 5) is 14.3. The molecule has 1 N–H and O–H groups in total. The Labute approximate surface area is 149 Å². The van der Waals surface area contributed by atoms with Crippen molar-refractivity contribution in [1.29, 1.82) is 0 Å². The summed E-state index contributed by atoms with van der Waals surface area (Å²) in [6.07, 6.45) is 1.86. The molecule has 6 heteroatoms. The minimum Gasteiger partial charge on any atom is -0.496 e. The van der Waals surface area contributed by atoms with Gasteiger partial charge in [0.25, 0.3) is 5.91 Å². The van der Waals surface area contributed by atoms with Gasteiger partial charge in [0, 0.05) is 25.2 Å². The number of rotatable bonds is 9. The number of methoxy groups -OCH3 is 1. The zero-order valence-electron chi connectivity index (χ0n) is 15.2. The van der Waals surface area contributed by atoms with E-state index in [0.29, 0.717) is 18.1 Å². The van der Waals surface area contributed by atoms with Crippen LogP contribution >= 0.6 is 0 Å². The topological polar surface area (TPSA) is 67.4 Å². The molecule has 2 aromatic rings. The Morgan fingerprint density at radius 1 is 1.08 bits per heavy atom. The molecule has 6 nitrogen and oxygen atoms in total. The highest BCUT2D eigenvalue weighted by Crippen LogP contribution is 2.18. The van der Waals surface area contributed by atoms with Gasteiger partial charge in [-0.3, -0.25) is 4.79 Å². The standard InChI is InChI=1S/C19H26N4O2/c1-4-12-23(13-5-2)19(24)16-10-11-18(22-21-16)20-14-15-8-6-7-9-17(15)25-3/h6-11H,4-5,12-14H2,1-3H3,(H,20,22). The van der Waals surface area contributed by atoms with E-state index in [9.17, 15) is 4.79 Å². The van der Waals surface area contributed by atoms with Gasteiger partial charge in [-0.2, -0.15) is 0 Å². The SMILES string of the molecule is CCCN(CCC)C(=O)c1ccc(NCc2ccccc2OC)nn1. The van der Waals surface area contributed by atoms with Crippen molar-refractivity contribution in [3.63, 3.8) is 0 Å². The molecule has 0 fully saturated rings. The second-order valence-corrected chi connectivity index (χ2v) is 5.76. The van der Waals surface area contributed by atoms with Gasteiger partial charge in [-0.05, 0) is 31.0 Å². The average molecular weight is 342 g/mol. The number of ether oxygens (including phenoxy) is 1. The van der Waals surface area contributed by atoms with E-state index in [1.807, 2.05) is 29.2 Å². The molecular weight excluding hydrogens is 316 g/mol. The number of para-hydroxylation sites is 1. The molecule has 0 bridgehead atoms.